The van der Waals surface area contributed by atoms with Crippen molar-refractivity contribution in [2.75, 3.05) is 0 Å². The molecule has 0 spiro atoms. The van der Waals surface area contributed by atoms with Crippen molar-refractivity contribution in [2.24, 2.45) is 7.05 Å². The van der Waals surface area contributed by atoms with E-state index in [0.29, 0.717) is 19.0 Å². The maximum atomic E-state index is 11.6. The van der Waals surface area contributed by atoms with Gasteiger partial charge in [0, 0.05) is 31.1 Å². The fourth-order valence-corrected chi connectivity index (χ4v) is 2.90. The van der Waals surface area contributed by atoms with E-state index in [-0.39, 0.29) is 5.91 Å². The van der Waals surface area contributed by atoms with E-state index in [9.17, 15) is 4.79 Å². The van der Waals surface area contributed by atoms with Crippen LogP contribution in [0, 0.1) is 0 Å². The Bertz CT molecular complexity index is 916. The minimum atomic E-state index is 0.0275. The zero-order valence-electron chi connectivity index (χ0n) is 13.0. The van der Waals surface area contributed by atoms with Gasteiger partial charge in [-0.3, -0.25) is 4.79 Å². The molecule has 3 heterocycles. The van der Waals surface area contributed by atoms with Crippen LogP contribution in [0.5, 0.6) is 11.6 Å². The molecule has 0 saturated heterocycles. The van der Waals surface area contributed by atoms with Crippen LogP contribution in [0.2, 0.25) is 0 Å². The molecule has 0 radical (unpaired) electrons. The van der Waals surface area contributed by atoms with Gasteiger partial charge < -0.3 is 14.2 Å². The summed E-state index contributed by atoms with van der Waals surface area (Å²) < 4.78 is 8.03. The number of benzene rings is 1. The second-order valence-corrected chi connectivity index (χ2v) is 5.73. The molecule has 0 unspecified atom stereocenters. The molecule has 1 amide bonds. The van der Waals surface area contributed by atoms with Crippen LogP contribution in [0.25, 0.3) is 10.9 Å². The second-order valence-electron chi connectivity index (χ2n) is 5.73. The number of aryl methyl sites for hydroxylation is 1. The maximum Gasteiger partial charge on any atom is 0.227 e. The molecule has 4 rings (SSSR count). The summed E-state index contributed by atoms with van der Waals surface area (Å²) >= 11 is 0. The standard InChI is InChI=1S/C17H16N4O2/c1-11(22)21-8-14-15(9-21)18-10-19-17(14)23-13-3-4-16-12(7-13)5-6-20(16)2/h3-7,10H,8-9H2,1-2H3. The number of aromatic nitrogens is 3. The van der Waals surface area contributed by atoms with Gasteiger partial charge in [-0.2, -0.15) is 0 Å². The SMILES string of the molecule is CC(=O)N1Cc2ncnc(Oc3ccc4c(ccn4C)c3)c2C1. The van der Waals surface area contributed by atoms with Crippen LogP contribution >= 0.6 is 0 Å². The zero-order chi connectivity index (χ0) is 16.0. The average Bonchev–Trinajstić information content (AvgIpc) is 3.12. The highest BCUT2D eigenvalue weighted by Gasteiger charge is 2.26. The summed E-state index contributed by atoms with van der Waals surface area (Å²) in [5.41, 5.74) is 2.88. The summed E-state index contributed by atoms with van der Waals surface area (Å²) in [7, 11) is 2.01. The molecule has 6 nitrogen and oxygen atoms in total. The van der Waals surface area contributed by atoms with Gasteiger partial charge in [0.25, 0.3) is 0 Å². The maximum absolute atomic E-state index is 11.6. The zero-order valence-corrected chi connectivity index (χ0v) is 13.0. The first-order chi connectivity index (χ1) is 11.1. The Morgan fingerprint density at radius 1 is 1.22 bits per heavy atom. The molecule has 0 bridgehead atoms. The predicted octanol–water partition coefficient (Wildman–Crippen LogP) is 2.62. The van der Waals surface area contributed by atoms with Gasteiger partial charge in [-0.15, -0.1) is 0 Å². The lowest BCUT2D eigenvalue weighted by atomic mass is 10.2. The lowest BCUT2D eigenvalue weighted by Gasteiger charge is -2.11. The third kappa shape index (κ3) is 2.32. The highest BCUT2D eigenvalue weighted by atomic mass is 16.5. The van der Waals surface area contributed by atoms with Crippen molar-refractivity contribution in [3.8, 4) is 11.6 Å². The summed E-state index contributed by atoms with van der Waals surface area (Å²) in [5, 5.41) is 1.11. The van der Waals surface area contributed by atoms with Crippen LogP contribution in [-0.4, -0.2) is 25.3 Å². The third-order valence-electron chi connectivity index (χ3n) is 4.20. The van der Waals surface area contributed by atoms with Crippen LogP contribution < -0.4 is 4.74 Å². The van der Waals surface area contributed by atoms with E-state index in [4.69, 9.17) is 4.74 Å². The first kappa shape index (κ1) is 13.8. The molecule has 0 atom stereocenters. The fraction of sp³-hybridized carbons (Fsp3) is 0.235. The van der Waals surface area contributed by atoms with Crippen molar-refractivity contribution in [1.82, 2.24) is 19.4 Å². The van der Waals surface area contributed by atoms with Gasteiger partial charge in [0.05, 0.1) is 24.3 Å². The lowest BCUT2D eigenvalue weighted by molar-refractivity contribution is -0.129. The molecule has 0 fully saturated rings. The molecule has 1 aromatic carbocycles. The second kappa shape index (κ2) is 5.08. The Morgan fingerprint density at radius 2 is 2.09 bits per heavy atom. The smallest absolute Gasteiger partial charge is 0.227 e. The Labute approximate surface area is 133 Å². The van der Waals surface area contributed by atoms with E-state index < -0.39 is 0 Å². The van der Waals surface area contributed by atoms with Crippen LogP contribution in [-0.2, 0) is 24.9 Å². The van der Waals surface area contributed by atoms with Crippen molar-refractivity contribution >= 4 is 16.8 Å². The van der Waals surface area contributed by atoms with Crippen molar-refractivity contribution in [1.29, 1.82) is 0 Å². The topological polar surface area (TPSA) is 60.3 Å². The summed E-state index contributed by atoms with van der Waals surface area (Å²) in [6.07, 6.45) is 3.50. The normalized spacial score (nSPS) is 13.4. The van der Waals surface area contributed by atoms with Crippen LogP contribution in [0.3, 0.4) is 0 Å². The Balaban J connectivity index is 1.67. The molecule has 1 aliphatic rings. The molecule has 3 aromatic rings. The average molecular weight is 308 g/mol. The van der Waals surface area contributed by atoms with Crippen LogP contribution in [0.1, 0.15) is 18.2 Å². The molecule has 0 N–H and O–H groups in total. The van der Waals surface area contributed by atoms with Crippen LogP contribution in [0.15, 0.2) is 36.8 Å². The van der Waals surface area contributed by atoms with Crippen molar-refractivity contribution < 1.29 is 9.53 Å². The van der Waals surface area contributed by atoms with Gasteiger partial charge in [-0.1, -0.05) is 0 Å². The number of nitrogens with zero attached hydrogens (tertiary/aromatic N) is 4. The molecule has 116 valence electrons. The molecular weight excluding hydrogens is 292 g/mol. The summed E-state index contributed by atoms with van der Waals surface area (Å²) in [5.74, 6) is 1.28. The number of hydrogen-bond donors (Lipinski definition) is 0. The minimum Gasteiger partial charge on any atom is -0.439 e. The molecule has 2 aromatic heterocycles. The minimum absolute atomic E-state index is 0.0275. The summed E-state index contributed by atoms with van der Waals surface area (Å²) in [4.78, 5) is 21.8. The van der Waals surface area contributed by atoms with Crippen molar-refractivity contribution in [2.45, 2.75) is 20.0 Å². The number of fused-ring (bicyclic) bond motifs is 2. The molecule has 23 heavy (non-hydrogen) atoms. The summed E-state index contributed by atoms with van der Waals surface area (Å²) in [6.45, 7) is 2.57. The van der Waals surface area contributed by atoms with Gasteiger partial charge >= 0.3 is 0 Å². The molecular formula is C17H16N4O2. The molecule has 0 aliphatic carbocycles. The predicted molar refractivity (Wildman–Crippen MR) is 85.0 cm³/mol. The van der Waals surface area contributed by atoms with E-state index in [2.05, 4.69) is 14.5 Å². The first-order valence-electron chi connectivity index (χ1n) is 7.43. The molecule has 1 aliphatic heterocycles. The Hall–Kier alpha value is -2.89. The Morgan fingerprint density at radius 3 is 2.91 bits per heavy atom. The van der Waals surface area contributed by atoms with Crippen LogP contribution in [0.4, 0.5) is 0 Å². The summed E-state index contributed by atoms with van der Waals surface area (Å²) in [6, 6.07) is 7.98. The Kier molecular flexibility index (Phi) is 3.04. The van der Waals surface area contributed by atoms with E-state index in [1.165, 1.54) is 6.33 Å². The number of amides is 1. The van der Waals surface area contributed by atoms with Crippen molar-refractivity contribution in [3.63, 3.8) is 0 Å². The monoisotopic (exact) mass is 308 g/mol. The highest BCUT2D eigenvalue weighted by Crippen LogP contribution is 2.32. The van der Waals surface area contributed by atoms with Gasteiger partial charge in [-0.25, -0.2) is 9.97 Å². The third-order valence-corrected chi connectivity index (χ3v) is 4.20. The van der Waals surface area contributed by atoms with Gasteiger partial charge in [0.2, 0.25) is 11.8 Å². The molecule has 6 heteroatoms. The van der Waals surface area contributed by atoms with E-state index in [1.807, 2.05) is 37.5 Å². The lowest BCUT2D eigenvalue weighted by Crippen LogP contribution is -2.21. The van der Waals surface area contributed by atoms with E-state index in [0.717, 1.165) is 27.9 Å². The van der Waals surface area contributed by atoms with E-state index >= 15 is 0 Å². The first-order valence-corrected chi connectivity index (χ1v) is 7.43. The number of rotatable bonds is 2. The number of carbonyl (C=O) groups is 1. The van der Waals surface area contributed by atoms with E-state index in [1.54, 1.807) is 11.8 Å². The number of ether oxygens (including phenoxy) is 1. The largest absolute Gasteiger partial charge is 0.439 e. The fourth-order valence-electron chi connectivity index (χ4n) is 2.90. The number of hydrogen-bond acceptors (Lipinski definition) is 4. The van der Waals surface area contributed by atoms with Crippen molar-refractivity contribution in [3.05, 3.63) is 48.0 Å². The molecule has 0 saturated carbocycles. The van der Waals surface area contributed by atoms with Gasteiger partial charge in [-0.05, 0) is 24.3 Å². The quantitative estimate of drug-likeness (QED) is 0.730. The number of carbonyl (C=O) groups excluding carboxylic acids is 1. The highest BCUT2D eigenvalue weighted by molar-refractivity contribution is 5.81. The van der Waals surface area contributed by atoms with Gasteiger partial charge in [0.15, 0.2) is 0 Å². The van der Waals surface area contributed by atoms with Gasteiger partial charge in [0.1, 0.15) is 12.1 Å².